The number of nitrogens with two attached hydrogens (primary N) is 1. The highest BCUT2D eigenvalue weighted by atomic mass is 35.5. The van der Waals surface area contributed by atoms with Crippen LogP contribution in [0.15, 0.2) is 18.2 Å². The van der Waals surface area contributed by atoms with Crippen LogP contribution in [0.25, 0.3) is 0 Å². The Bertz CT molecular complexity index is 377. The fourth-order valence-electron chi connectivity index (χ4n) is 2.26. The van der Waals surface area contributed by atoms with E-state index in [4.69, 9.17) is 17.3 Å². The maximum Gasteiger partial charge on any atom is 0.0470 e. The summed E-state index contributed by atoms with van der Waals surface area (Å²) in [5.74, 6) is 0.639. The van der Waals surface area contributed by atoms with Crippen LogP contribution in [0.1, 0.15) is 37.9 Å². The Labute approximate surface area is 116 Å². The minimum absolute atomic E-state index is 0.260. The average molecular weight is 269 g/mol. The van der Waals surface area contributed by atoms with Gasteiger partial charge in [0, 0.05) is 24.2 Å². The Hall–Kier alpha value is -0.570. The summed E-state index contributed by atoms with van der Waals surface area (Å²) in [5.41, 5.74) is 8.29. The number of hydrogen-bond acceptors (Lipinski definition) is 2. The first-order chi connectivity index (χ1) is 8.49. The number of rotatable bonds is 6. The second-order valence-corrected chi connectivity index (χ2v) is 5.65. The van der Waals surface area contributed by atoms with E-state index in [1.54, 1.807) is 0 Å². The first-order valence-corrected chi connectivity index (χ1v) is 7.07. The SMILES string of the molecule is CCN(CC(C)C)C(CN)c1ccc(C)c(Cl)c1. The fraction of sp³-hybridized carbons (Fsp3) is 0.600. The maximum atomic E-state index is 6.21. The van der Waals surface area contributed by atoms with Crippen molar-refractivity contribution < 1.29 is 0 Å². The van der Waals surface area contributed by atoms with Crippen LogP contribution in [0.2, 0.25) is 5.02 Å². The van der Waals surface area contributed by atoms with Crippen molar-refractivity contribution in [1.82, 2.24) is 4.90 Å². The van der Waals surface area contributed by atoms with Gasteiger partial charge >= 0.3 is 0 Å². The normalized spacial score (nSPS) is 13.3. The van der Waals surface area contributed by atoms with Gasteiger partial charge in [-0.25, -0.2) is 0 Å². The second-order valence-electron chi connectivity index (χ2n) is 5.24. The zero-order chi connectivity index (χ0) is 13.7. The molecule has 1 aromatic carbocycles. The Balaban J connectivity index is 2.95. The molecule has 2 N–H and O–H groups in total. The minimum Gasteiger partial charge on any atom is -0.329 e. The van der Waals surface area contributed by atoms with Crippen molar-refractivity contribution >= 4 is 11.6 Å². The van der Waals surface area contributed by atoms with Crippen molar-refractivity contribution in [2.75, 3.05) is 19.6 Å². The van der Waals surface area contributed by atoms with Crippen molar-refractivity contribution in [2.24, 2.45) is 11.7 Å². The summed E-state index contributed by atoms with van der Waals surface area (Å²) < 4.78 is 0. The molecule has 0 bridgehead atoms. The molecule has 1 unspecified atom stereocenters. The quantitative estimate of drug-likeness (QED) is 0.854. The molecule has 0 fully saturated rings. The molecule has 3 heteroatoms. The third-order valence-electron chi connectivity index (χ3n) is 3.25. The summed E-state index contributed by atoms with van der Waals surface area (Å²) in [5, 5.41) is 0.826. The topological polar surface area (TPSA) is 29.3 Å². The van der Waals surface area contributed by atoms with E-state index < -0.39 is 0 Å². The third-order valence-corrected chi connectivity index (χ3v) is 3.66. The standard InChI is InChI=1S/C15H25ClN2/c1-5-18(10-11(2)3)15(9-17)13-7-6-12(4)14(16)8-13/h6-8,11,15H,5,9-10,17H2,1-4H3. The van der Waals surface area contributed by atoms with Gasteiger partial charge in [0.1, 0.15) is 0 Å². The summed E-state index contributed by atoms with van der Waals surface area (Å²) in [7, 11) is 0. The molecule has 1 atom stereocenters. The van der Waals surface area contributed by atoms with Crippen LogP contribution >= 0.6 is 11.6 Å². The smallest absolute Gasteiger partial charge is 0.0470 e. The molecular formula is C15H25ClN2. The lowest BCUT2D eigenvalue weighted by molar-refractivity contribution is 0.189. The number of likely N-dealkylation sites (N-methyl/N-ethyl adjacent to an activating group) is 1. The monoisotopic (exact) mass is 268 g/mol. The molecule has 0 aromatic heterocycles. The molecular weight excluding hydrogens is 244 g/mol. The molecule has 102 valence electrons. The largest absolute Gasteiger partial charge is 0.329 e. The van der Waals surface area contributed by atoms with Gasteiger partial charge in [-0.05, 0) is 36.6 Å². The number of hydrogen-bond donors (Lipinski definition) is 1. The van der Waals surface area contributed by atoms with Gasteiger partial charge in [0.2, 0.25) is 0 Å². The Morgan fingerprint density at radius 1 is 1.33 bits per heavy atom. The van der Waals surface area contributed by atoms with Crippen LogP contribution in [0.3, 0.4) is 0 Å². The van der Waals surface area contributed by atoms with Gasteiger partial charge in [-0.15, -0.1) is 0 Å². The lowest BCUT2D eigenvalue weighted by atomic mass is 10.0. The number of benzene rings is 1. The van der Waals surface area contributed by atoms with E-state index in [9.17, 15) is 0 Å². The molecule has 0 saturated carbocycles. The highest BCUT2D eigenvalue weighted by Gasteiger charge is 2.19. The Kier molecular flexibility index (Phi) is 6.13. The molecule has 2 nitrogen and oxygen atoms in total. The number of aryl methyl sites for hydroxylation is 1. The Morgan fingerprint density at radius 2 is 2.00 bits per heavy atom. The van der Waals surface area contributed by atoms with Gasteiger partial charge in [0.05, 0.1) is 0 Å². The summed E-state index contributed by atoms with van der Waals surface area (Å²) in [6.07, 6.45) is 0. The predicted octanol–water partition coefficient (Wildman–Crippen LogP) is 3.63. The highest BCUT2D eigenvalue weighted by Crippen LogP contribution is 2.25. The maximum absolute atomic E-state index is 6.21. The van der Waals surface area contributed by atoms with Gasteiger partial charge in [0.25, 0.3) is 0 Å². The van der Waals surface area contributed by atoms with E-state index in [1.807, 2.05) is 6.92 Å². The Morgan fingerprint density at radius 3 is 2.44 bits per heavy atom. The van der Waals surface area contributed by atoms with Crippen LogP contribution in [-0.4, -0.2) is 24.5 Å². The second kappa shape index (κ2) is 7.13. The van der Waals surface area contributed by atoms with Gasteiger partial charge in [-0.2, -0.15) is 0 Å². The molecule has 0 aliphatic heterocycles. The molecule has 0 radical (unpaired) electrons. The number of nitrogens with zero attached hydrogens (tertiary/aromatic N) is 1. The van der Waals surface area contributed by atoms with E-state index in [1.165, 1.54) is 5.56 Å². The van der Waals surface area contributed by atoms with Crippen molar-refractivity contribution in [1.29, 1.82) is 0 Å². The highest BCUT2D eigenvalue weighted by molar-refractivity contribution is 6.31. The van der Waals surface area contributed by atoms with Crippen molar-refractivity contribution in [3.05, 3.63) is 34.3 Å². The minimum atomic E-state index is 0.260. The summed E-state index contributed by atoms with van der Waals surface area (Å²) in [6.45, 7) is 11.4. The van der Waals surface area contributed by atoms with Crippen LogP contribution in [0, 0.1) is 12.8 Å². The summed E-state index contributed by atoms with van der Waals surface area (Å²) >= 11 is 6.21. The lowest BCUT2D eigenvalue weighted by Crippen LogP contribution is -2.36. The van der Waals surface area contributed by atoms with Crippen molar-refractivity contribution in [2.45, 2.75) is 33.7 Å². The molecule has 0 amide bonds. The first kappa shape index (κ1) is 15.5. The van der Waals surface area contributed by atoms with Gasteiger partial charge in [0.15, 0.2) is 0 Å². The predicted molar refractivity (Wildman–Crippen MR) is 80.1 cm³/mol. The van der Waals surface area contributed by atoms with E-state index in [0.717, 1.165) is 23.7 Å². The van der Waals surface area contributed by atoms with Crippen LogP contribution in [-0.2, 0) is 0 Å². The molecule has 1 aromatic rings. The molecule has 0 aliphatic rings. The van der Waals surface area contributed by atoms with Gasteiger partial charge in [-0.3, -0.25) is 4.90 Å². The zero-order valence-corrected chi connectivity index (χ0v) is 12.7. The van der Waals surface area contributed by atoms with Crippen molar-refractivity contribution in [3.8, 4) is 0 Å². The number of halogens is 1. The van der Waals surface area contributed by atoms with Crippen LogP contribution < -0.4 is 5.73 Å². The van der Waals surface area contributed by atoms with E-state index in [0.29, 0.717) is 12.5 Å². The molecule has 0 aliphatic carbocycles. The zero-order valence-electron chi connectivity index (χ0n) is 11.9. The molecule has 0 saturated heterocycles. The molecule has 18 heavy (non-hydrogen) atoms. The lowest BCUT2D eigenvalue weighted by Gasteiger charge is -2.31. The third kappa shape index (κ3) is 3.98. The van der Waals surface area contributed by atoms with Gasteiger partial charge in [-0.1, -0.05) is 44.5 Å². The fourth-order valence-corrected chi connectivity index (χ4v) is 2.45. The van der Waals surface area contributed by atoms with E-state index in [2.05, 4.69) is 43.9 Å². The van der Waals surface area contributed by atoms with Gasteiger partial charge < -0.3 is 5.73 Å². The van der Waals surface area contributed by atoms with E-state index in [-0.39, 0.29) is 6.04 Å². The van der Waals surface area contributed by atoms with Crippen LogP contribution in [0.5, 0.6) is 0 Å². The van der Waals surface area contributed by atoms with Crippen LogP contribution in [0.4, 0.5) is 0 Å². The summed E-state index contributed by atoms with van der Waals surface area (Å²) in [6, 6.07) is 6.53. The molecule has 0 spiro atoms. The van der Waals surface area contributed by atoms with Crippen molar-refractivity contribution in [3.63, 3.8) is 0 Å². The molecule has 0 heterocycles. The summed E-state index contributed by atoms with van der Waals surface area (Å²) in [4.78, 5) is 2.42. The van der Waals surface area contributed by atoms with E-state index >= 15 is 0 Å². The first-order valence-electron chi connectivity index (χ1n) is 6.69. The average Bonchev–Trinajstić information content (AvgIpc) is 2.32. The molecule has 1 rings (SSSR count).